The van der Waals surface area contributed by atoms with E-state index >= 15 is 0 Å². The van der Waals surface area contributed by atoms with Crippen LogP contribution in [0.15, 0.2) is 36.4 Å². The summed E-state index contributed by atoms with van der Waals surface area (Å²) in [6.07, 6.45) is 5.50. The Morgan fingerprint density at radius 2 is 1.74 bits per heavy atom. The Balaban J connectivity index is 1.66. The Hall–Kier alpha value is -2.15. The Kier molecular flexibility index (Phi) is 5.29. The zero-order chi connectivity index (χ0) is 18.7. The third-order valence-corrected chi connectivity index (χ3v) is 7.03. The van der Waals surface area contributed by atoms with Crippen LogP contribution in [0.2, 0.25) is 0 Å². The zero-order valence-electron chi connectivity index (χ0n) is 15.5. The van der Waals surface area contributed by atoms with Crippen molar-refractivity contribution in [2.75, 3.05) is 34.8 Å². The van der Waals surface area contributed by atoms with Crippen LogP contribution in [0.5, 0.6) is 0 Å². The Bertz CT molecular complexity index is 878. The Morgan fingerprint density at radius 3 is 2.41 bits per heavy atom. The standard InChI is InChI=1S/C20H26N4O2S/c25-27(26)13-10-17(15-27)21-18-14-19(24-11-6-1-2-7-12-24)23-20(22-18)16-8-4-3-5-9-16/h3-5,8-9,14,17H,1-2,6-7,10-13,15H2,(H,21,22,23). The fourth-order valence-electron chi connectivity index (χ4n) is 3.80. The molecule has 4 rings (SSSR count). The summed E-state index contributed by atoms with van der Waals surface area (Å²) in [5, 5.41) is 3.34. The molecule has 0 aliphatic carbocycles. The maximum Gasteiger partial charge on any atom is 0.163 e. The molecule has 2 fully saturated rings. The van der Waals surface area contributed by atoms with Crippen LogP contribution in [-0.2, 0) is 9.84 Å². The van der Waals surface area contributed by atoms with Crippen LogP contribution >= 0.6 is 0 Å². The lowest BCUT2D eigenvalue weighted by atomic mass is 10.2. The van der Waals surface area contributed by atoms with Crippen molar-refractivity contribution in [1.29, 1.82) is 0 Å². The third-order valence-electron chi connectivity index (χ3n) is 5.26. The number of benzene rings is 1. The highest BCUT2D eigenvalue weighted by atomic mass is 32.2. The first-order chi connectivity index (χ1) is 13.1. The van der Waals surface area contributed by atoms with Crippen LogP contribution in [0, 0.1) is 0 Å². The Morgan fingerprint density at radius 1 is 1.00 bits per heavy atom. The smallest absolute Gasteiger partial charge is 0.163 e. The molecular formula is C20H26N4O2S. The monoisotopic (exact) mass is 386 g/mol. The summed E-state index contributed by atoms with van der Waals surface area (Å²) in [5.74, 6) is 2.75. The lowest BCUT2D eigenvalue weighted by Gasteiger charge is -2.23. The van der Waals surface area contributed by atoms with E-state index in [0.717, 1.165) is 24.5 Å². The van der Waals surface area contributed by atoms with E-state index in [4.69, 9.17) is 4.98 Å². The third kappa shape index (κ3) is 4.58. The minimum atomic E-state index is -2.93. The number of hydrogen-bond acceptors (Lipinski definition) is 6. The number of anilines is 2. The summed E-state index contributed by atoms with van der Waals surface area (Å²) in [5.41, 5.74) is 0.969. The minimum Gasteiger partial charge on any atom is -0.366 e. The van der Waals surface area contributed by atoms with Gasteiger partial charge in [-0.3, -0.25) is 0 Å². The number of aromatic nitrogens is 2. The first-order valence-electron chi connectivity index (χ1n) is 9.75. The summed E-state index contributed by atoms with van der Waals surface area (Å²) in [6, 6.07) is 11.8. The molecule has 1 N–H and O–H groups in total. The molecule has 1 aromatic carbocycles. The van der Waals surface area contributed by atoms with E-state index in [1.165, 1.54) is 25.7 Å². The molecule has 0 radical (unpaired) electrons. The van der Waals surface area contributed by atoms with E-state index in [0.29, 0.717) is 18.1 Å². The summed E-state index contributed by atoms with van der Waals surface area (Å²) in [7, 11) is -2.93. The Labute approximate surface area is 161 Å². The number of rotatable bonds is 4. The lowest BCUT2D eigenvalue weighted by Crippen LogP contribution is -2.26. The highest BCUT2D eigenvalue weighted by Crippen LogP contribution is 2.26. The van der Waals surface area contributed by atoms with Gasteiger partial charge in [0.05, 0.1) is 11.5 Å². The SMILES string of the molecule is O=S1(=O)CCC(Nc2cc(N3CCCCCC3)nc(-c3ccccc3)n2)C1. The van der Waals surface area contributed by atoms with Crippen LogP contribution in [0.3, 0.4) is 0 Å². The quantitative estimate of drug-likeness (QED) is 0.870. The van der Waals surface area contributed by atoms with Crippen molar-refractivity contribution in [1.82, 2.24) is 9.97 Å². The van der Waals surface area contributed by atoms with E-state index in [2.05, 4.69) is 15.2 Å². The minimum absolute atomic E-state index is 0.0782. The molecule has 0 bridgehead atoms. The fourth-order valence-corrected chi connectivity index (χ4v) is 5.48. The van der Waals surface area contributed by atoms with Gasteiger partial charge >= 0.3 is 0 Å². The first-order valence-corrected chi connectivity index (χ1v) is 11.6. The van der Waals surface area contributed by atoms with E-state index in [9.17, 15) is 8.42 Å². The molecule has 2 aromatic rings. The average molecular weight is 387 g/mol. The van der Waals surface area contributed by atoms with E-state index < -0.39 is 9.84 Å². The molecule has 0 amide bonds. The van der Waals surface area contributed by atoms with Crippen molar-refractivity contribution in [2.24, 2.45) is 0 Å². The molecule has 1 atom stereocenters. The highest BCUT2D eigenvalue weighted by Gasteiger charge is 2.28. The number of hydrogen-bond donors (Lipinski definition) is 1. The van der Waals surface area contributed by atoms with E-state index in [-0.39, 0.29) is 17.5 Å². The fraction of sp³-hybridized carbons (Fsp3) is 0.500. The van der Waals surface area contributed by atoms with Gasteiger partial charge in [-0.1, -0.05) is 43.2 Å². The molecule has 6 nitrogen and oxygen atoms in total. The maximum absolute atomic E-state index is 11.8. The van der Waals surface area contributed by atoms with Crippen molar-refractivity contribution in [3.05, 3.63) is 36.4 Å². The summed E-state index contributed by atoms with van der Waals surface area (Å²) in [6.45, 7) is 2.00. The van der Waals surface area contributed by atoms with Gasteiger partial charge in [0.25, 0.3) is 0 Å². The van der Waals surface area contributed by atoms with Crippen molar-refractivity contribution >= 4 is 21.5 Å². The molecule has 1 aromatic heterocycles. The average Bonchev–Trinajstić information content (AvgIpc) is 2.87. The van der Waals surface area contributed by atoms with E-state index in [1.807, 2.05) is 36.4 Å². The summed E-state index contributed by atoms with van der Waals surface area (Å²) in [4.78, 5) is 11.8. The first kappa shape index (κ1) is 18.2. The van der Waals surface area contributed by atoms with Gasteiger partial charge in [0.15, 0.2) is 15.7 Å². The second-order valence-electron chi connectivity index (χ2n) is 7.45. The van der Waals surface area contributed by atoms with Crippen LogP contribution in [0.1, 0.15) is 32.1 Å². The van der Waals surface area contributed by atoms with Gasteiger partial charge < -0.3 is 10.2 Å². The van der Waals surface area contributed by atoms with Gasteiger partial charge in [0, 0.05) is 30.8 Å². The van der Waals surface area contributed by atoms with Crippen LogP contribution in [-0.4, -0.2) is 49.0 Å². The van der Waals surface area contributed by atoms with Gasteiger partial charge in [0.1, 0.15) is 11.6 Å². The van der Waals surface area contributed by atoms with Gasteiger partial charge in [-0.2, -0.15) is 0 Å². The molecule has 27 heavy (non-hydrogen) atoms. The predicted octanol–water partition coefficient (Wildman–Crippen LogP) is 3.12. The topological polar surface area (TPSA) is 75.2 Å². The largest absolute Gasteiger partial charge is 0.366 e. The molecule has 2 aliphatic rings. The second kappa shape index (κ2) is 7.84. The van der Waals surface area contributed by atoms with Gasteiger partial charge in [-0.25, -0.2) is 18.4 Å². The zero-order valence-corrected chi connectivity index (χ0v) is 16.3. The highest BCUT2D eigenvalue weighted by molar-refractivity contribution is 7.91. The van der Waals surface area contributed by atoms with Gasteiger partial charge in [0.2, 0.25) is 0 Å². The number of nitrogens with one attached hydrogen (secondary N) is 1. The lowest BCUT2D eigenvalue weighted by molar-refractivity contribution is 0.602. The second-order valence-corrected chi connectivity index (χ2v) is 9.68. The number of sulfone groups is 1. The van der Waals surface area contributed by atoms with E-state index in [1.54, 1.807) is 0 Å². The molecule has 7 heteroatoms. The van der Waals surface area contributed by atoms with Gasteiger partial charge in [-0.15, -0.1) is 0 Å². The molecular weight excluding hydrogens is 360 g/mol. The molecule has 1 unspecified atom stereocenters. The maximum atomic E-state index is 11.8. The molecule has 2 saturated heterocycles. The normalized spacial score (nSPS) is 22.4. The van der Waals surface area contributed by atoms with Crippen LogP contribution in [0.25, 0.3) is 11.4 Å². The van der Waals surface area contributed by atoms with Crippen LogP contribution < -0.4 is 10.2 Å². The van der Waals surface area contributed by atoms with Crippen molar-refractivity contribution in [2.45, 2.75) is 38.1 Å². The van der Waals surface area contributed by atoms with Crippen molar-refractivity contribution < 1.29 is 8.42 Å². The molecule has 0 saturated carbocycles. The van der Waals surface area contributed by atoms with Gasteiger partial charge in [-0.05, 0) is 19.3 Å². The van der Waals surface area contributed by atoms with Crippen molar-refractivity contribution in [3.8, 4) is 11.4 Å². The molecule has 3 heterocycles. The summed E-state index contributed by atoms with van der Waals surface area (Å²) >= 11 is 0. The van der Waals surface area contributed by atoms with Crippen molar-refractivity contribution in [3.63, 3.8) is 0 Å². The molecule has 0 spiro atoms. The number of nitrogens with zero attached hydrogens (tertiary/aromatic N) is 3. The predicted molar refractivity (Wildman–Crippen MR) is 109 cm³/mol. The molecule has 2 aliphatic heterocycles. The van der Waals surface area contributed by atoms with Crippen LogP contribution in [0.4, 0.5) is 11.6 Å². The molecule has 144 valence electrons. The summed E-state index contributed by atoms with van der Waals surface area (Å²) < 4.78 is 23.6.